The molecule has 0 radical (unpaired) electrons. The van der Waals surface area contributed by atoms with Crippen molar-refractivity contribution in [2.45, 2.75) is 277 Å². The highest BCUT2D eigenvalue weighted by Crippen LogP contribution is 2.15. The van der Waals surface area contributed by atoms with Crippen LogP contribution in [0.1, 0.15) is 271 Å². The third-order valence-electron chi connectivity index (χ3n) is 12.3. The molecular weight excluding hydrogens is 865 g/mol. The number of hydrogen-bond acceptors (Lipinski definition) is 6. The second kappa shape index (κ2) is 57.9. The van der Waals surface area contributed by atoms with E-state index in [2.05, 4.69) is 118 Å². The van der Waals surface area contributed by atoms with Gasteiger partial charge in [0.25, 0.3) is 0 Å². The summed E-state index contributed by atoms with van der Waals surface area (Å²) in [6.07, 6.45) is 76.9. The van der Waals surface area contributed by atoms with Crippen LogP contribution >= 0.6 is 0 Å². The van der Waals surface area contributed by atoms with Gasteiger partial charge in [0, 0.05) is 19.3 Å². The van der Waals surface area contributed by atoms with Gasteiger partial charge in [-0.3, -0.25) is 14.4 Å². The molecule has 70 heavy (non-hydrogen) atoms. The standard InChI is InChI=1S/C64H108O6/c1-4-7-10-13-16-19-22-24-26-27-28-29-30-31-32-33-34-35-36-37-39-40-42-45-48-51-54-57-63(66)69-60-61(59-68-62(65)56-53-50-47-44-21-18-15-12-9-6-3)70-64(67)58-55-52-49-46-43-41-38-25-23-20-17-14-11-8-5-2/h7,10,12,15-16,19,24,26,28-29,31-32,34-35,37,39,61H,4-6,8-9,11,13-14,17-18,20-23,25,27,30,33,36,38,40-60H2,1-3H3/b10-7-,15-12-,19-16-,26-24-,29-28-,32-31-,35-34-,39-37-. The number of carbonyl (C=O) groups excluding carboxylic acids is 3. The van der Waals surface area contributed by atoms with Crippen LogP contribution in [0.4, 0.5) is 0 Å². The Kier molecular flexibility index (Phi) is 54.9. The molecule has 0 saturated heterocycles. The van der Waals surface area contributed by atoms with E-state index >= 15 is 0 Å². The van der Waals surface area contributed by atoms with E-state index in [4.69, 9.17) is 14.2 Å². The number of carbonyl (C=O) groups is 3. The lowest BCUT2D eigenvalue weighted by molar-refractivity contribution is -0.167. The zero-order chi connectivity index (χ0) is 50.7. The van der Waals surface area contributed by atoms with E-state index in [1.807, 2.05) is 0 Å². The Balaban J connectivity index is 4.31. The van der Waals surface area contributed by atoms with Crippen LogP contribution in [-0.2, 0) is 28.6 Å². The molecule has 0 amide bonds. The molecule has 0 aliphatic heterocycles. The molecule has 0 aromatic rings. The highest BCUT2D eigenvalue weighted by atomic mass is 16.6. The maximum atomic E-state index is 12.8. The average Bonchev–Trinajstić information content (AvgIpc) is 3.36. The van der Waals surface area contributed by atoms with Crippen LogP contribution in [0.5, 0.6) is 0 Å². The maximum absolute atomic E-state index is 12.8. The van der Waals surface area contributed by atoms with Crippen molar-refractivity contribution in [1.29, 1.82) is 0 Å². The van der Waals surface area contributed by atoms with Gasteiger partial charge in [-0.1, -0.05) is 253 Å². The van der Waals surface area contributed by atoms with Crippen LogP contribution < -0.4 is 0 Å². The highest BCUT2D eigenvalue weighted by Gasteiger charge is 2.19. The van der Waals surface area contributed by atoms with E-state index in [0.717, 1.165) is 135 Å². The minimum atomic E-state index is -0.787. The fraction of sp³-hybridized carbons (Fsp3) is 0.703. The Morgan fingerprint density at radius 3 is 0.943 bits per heavy atom. The topological polar surface area (TPSA) is 78.9 Å². The summed E-state index contributed by atoms with van der Waals surface area (Å²) in [5.74, 6) is -0.912. The van der Waals surface area contributed by atoms with Crippen molar-refractivity contribution in [2.75, 3.05) is 13.2 Å². The molecule has 0 rings (SSSR count). The van der Waals surface area contributed by atoms with Crippen molar-refractivity contribution in [3.8, 4) is 0 Å². The molecule has 400 valence electrons. The Labute approximate surface area is 432 Å². The molecule has 0 N–H and O–H groups in total. The number of allylic oxidation sites excluding steroid dienone is 16. The predicted octanol–water partition coefficient (Wildman–Crippen LogP) is 19.7. The molecule has 0 heterocycles. The number of hydrogen-bond donors (Lipinski definition) is 0. The summed E-state index contributed by atoms with van der Waals surface area (Å²) < 4.78 is 16.8. The molecule has 0 bridgehead atoms. The Morgan fingerprint density at radius 1 is 0.300 bits per heavy atom. The van der Waals surface area contributed by atoms with Crippen molar-refractivity contribution < 1.29 is 28.6 Å². The Morgan fingerprint density at radius 2 is 0.586 bits per heavy atom. The SMILES string of the molecule is CC/C=C\C/C=C\C/C=C\C/C=C\C/C=C\C/C=C\C/C=C\CCCCCCCC(=O)OCC(COC(=O)CCCCCCC/C=C\CCC)OC(=O)CCCCCCCCCCCCCCCCC. The van der Waals surface area contributed by atoms with Crippen LogP contribution in [-0.4, -0.2) is 37.2 Å². The van der Waals surface area contributed by atoms with Crippen LogP contribution in [0.2, 0.25) is 0 Å². The predicted molar refractivity (Wildman–Crippen MR) is 302 cm³/mol. The first-order valence-electron chi connectivity index (χ1n) is 29.2. The summed E-state index contributed by atoms with van der Waals surface area (Å²) in [4.78, 5) is 38.1. The molecule has 0 aromatic heterocycles. The maximum Gasteiger partial charge on any atom is 0.306 e. The summed E-state index contributed by atoms with van der Waals surface area (Å²) in [5, 5.41) is 0. The van der Waals surface area contributed by atoms with Gasteiger partial charge in [0.2, 0.25) is 0 Å². The quantitative estimate of drug-likeness (QED) is 0.0262. The molecule has 0 aromatic carbocycles. The van der Waals surface area contributed by atoms with E-state index in [9.17, 15) is 14.4 Å². The zero-order valence-corrected chi connectivity index (χ0v) is 45.8. The number of esters is 3. The largest absolute Gasteiger partial charge is 0.462 e. The van der Waals surface area contributed by atoms with Crippen LogP contribution in [0.25, 0.3) is 0 Å². The van der Waals surface area contributed by atoms with Gasteiger partial charge in [-0.05, 0) is 96.3 Å². The van der Waals surface area contributed by atoms with Crippen LogP contribution in [0.3, 0.4) is 0 Å². The number of rotatable bonds is 52. The molecule has 1 atom stereocenters. The highest BCUT2D eigenvalue weighted by molar-refractivity contribution is 5.71. The molecule has 0 aliphatic rings. The van der Waals surface area contributed by atoms with E-state index in [1.54, 1.807) is 0 Å². The second-order valence-corrected chi connectivity index (χ2v) is 19.2. The normalized spacial score (nSPS) is 12.8. The monoisotopic (exact) mass is 973 g/mol. The number of ether oxygens (including phenoxy) is 3. The molecule has 6 heteroatoms. The van der Waals surface area contributed by atoms with Crippen molar-refractivity contribution in [3.05, 3.63) is 97.2 Å². The Hall–Kier alpha value is -3.67. The second-order valence-electron chi connectivity index (χ2n) is 19.2. The molecule has 6 nitrogen and oxygen atoms in total. The third kappa shape index (κ3) is 55.3. The lowest BCUT2D eigenvalue weighted by atomic mass is 10.0. The van der Waals surface area contributed by atoms with Crippen molar-refractivity contribution in [1.82, 2.24) is 0 Å². The minimum absolute atomic E-state index is 0.0867. The van der Waals surface area contributed by atoms with Crippen molar-refractivity contribution in [2.24, 2.45) is 0 Å². The van der Waals surface area contributed by atoms with Crippen LogP contribution in [0, 0.1) is 0 Å². The van der Waals surface area contributed by atoms with Gasteiger partial charge >= 0.3 is 17.9 Å². The van der Waals surface area contributed by atoms with Gasteiger partial charge in [0.15, 0.2) is 6.10 Å². The smallest absolute Gasteiger partial charge is 0.306 e. The van der Waals surface area contributed by atoms with Crippen molar-refractivity contribution >= 4 is 17.9 Å². The van der Waals surface area contributed by atoms with Gasteiger partial charge in [0.1, 0.15) is 13.2 Å². The Bertz CT molecular complexity index is 1400. The van der Waals surface area contributed by atoms with Crippen molar-refractivity contribution in [3.63, 3.8) is 0 Å². The molecule has 0 aliphatic carbocycles. The molecule has 0 spiro atoms. The summed E-state index contributed by atoms with van der Waals surface area (Å²) in [5.41, 5.74) is 0. The zero-order valence-electron chi connectivity index (χ0n) is 45.8. The van der Waals surface area contributed by atoms with Crippen LogP contribution in [0.15, 0.2) is 97.2 Å². The first-order chi connectivity index (χ1) is 34.5. The minimum Gasteiger partial charge on any atom is -0.462 e. The van der Waals surface area contributed by atoms with Gasteiger partial charge < -0.3 is 14.2 Å². The van der Waals surface area contributed by atoms with Gasteiger partial charge in [-0.2, -0.15) is 0 Å². The first-order valence-corrected chi connectivity index (χ1v) is 29.2. The lowest BCUT2D eigenvalue weighted by Gasteiger charge is -2.18. The summed E-state index contributed by atoms with van der Waals surface area (Å²) in [6, 6.07) is 0. The van der Waals surface area contributed by atoms with E-state index in [-0.39, 0.29) is 31.1 Å². The van der Waals surface area contributed by atoms with Gasteiger partial charge in [-0.15, -0.1) is 0 Å². The third-order valence-corrected chi connectivity index (χ3v) is 12.3. The first kappa shape index (κ1) is 66.3. The summed E-state index contributed by atoms with van der Waals surface area (Å²) in [6.45, 7) is 6.45. The fourth-order valence-electron chi connectivity index (χ4n) is 7.95. The van der Waals surface area contributed by atoms with Gasteiger partial charge in [-0.25, -0.2) is 0 Å². The van der Waals surface area contributed by atoms with E-state index < -0.39 is 6.10 Å². The lowest BCUT2D eigenvalue weighted by Crippen LogP contribution is -2.30. The molecule has 0 saturated carbocycles. The summed E-state index contributed by atoms with van der Waals surface area (Å²) >= 11 is 0. The molecule has 1 unspecified atom stereocenters. The van der Waals surface area contributed by atoms with E-state index in [0.29, 0.717) is 19.3 Å². The van der Waals surface area contributed by atoms with E-state index in [1.165, 1.54) is 96.3 Å². The molecule has 0 fully saturated rings. The fourth-order valence-corrected chi connectivity index (χ4v) is 7.95. The van der Waals surface area contributed by atoms with Gasteiger partial charge in [0.05, 0.1) is 0 Å². The molecular formula is C64H108O6. The average molecular weight is 974 g/mol. The summed E-state index contributed by atoms with van der Waals surface area (Å²) in [7, 11) is 0. The number of unbranched alkanes of at least 4 members (excludes halogenated alkanes) is 25.